The summed E-state index contributed by atoms with van der Waals surface area (Å²) in [5, 5.41) is 4.12. The standard InChI is InChI=1S/C12H15N3OS/c1-9(14-15-12(13)17)3-4-10-5-7-11(16-2)8-6-10/h3-8H,1-2H3,(H3,13,15,17). The molecule has 0 bridgehead atoms. The molecule has 0 saturated carbocycles. The molecule has 1 aromatic carbocycles. The monoisotopic (exact) mass is 249 g/mol. The van der Waals surface area contributed by atoms with Gasteiger partial charge in [-0.05, 0) is 42.9 Å². The van der Waals surface area contributed by atoms with Crippen LogP contribution in [0.15, 0.2) is 35.4 Å². The van der Waals surface area contributed by atoms with Gasteiger partial charge in [0.05, 0.1) is 12.8 Å². The molecule has 0 aromatic heterocycles. The maximum atomic E-state index is 5.26. The Morgan fingerprint density at radius 2 is 2.06 bits per heavy atom. The van der Waals surface area contributed by atoms with E-state index < -0.39 is 0 Å². The van der Waals surface area contributed by atoms with E-state index in [1.54, 1.807) is 7.11 Å². The minimum Gasteiger partial charge on any atom is -0.497 e. The van der Waals surface area contributed by atoms with E-state index in [9.17, 15) is 0 Å². The first-order valence-electron chi connectivity index (χ1n) is 5.03. The van der Waals surface area contributed by atoms with Gasteiger partial charge in [-0.2, -0.15) is 5.10 Å². The first kappa shape index (κ1) is 13.2. The third kappa shape index (κ3) is 5.12. The fraction of sp³-hybridized carbons (Fsp3) is 0.167. The zero-order chi connectivity index (χ0) is 12.7. The molecule has 0 heterocycles. The zero-order valence-electron chi connectivity index (χ0n) is 9.81. The van der Waals surface area contributed by atoms with E-state index in [1.165, 1.54) is 0 Å². The summed E-state index contributed by atoms with van der Waals surface area (Å²) in [5.41, 5.74) is 9.63. The Bertz CT molecular complexity index is 438. The molecule has 0 unspecified atom stereocenters. The van der Waals surface area contributed by atoms with Gasteiger partial charge < -0.3 is 10.5 Å². The summed E-state index contributed by atoms with van der Waals surface area (Å²) < 4.78 is 5.07. The zero-order valence-corrected chi connectivity index (χ0v) is 10.6. The quantitative estimate of drug-likeness (QED) is 0.486. The van der Waals surface area contributed by atoms with Crippen LogP contribution in [0.4, 0.5) is 0 Å². The maximum absolute atomic E-state index is 5.26. The van der Waals surface area contributed by atoms with Crippen molar-refractivity contribution in [1.29, 1.82) is 0 Å². The highest BCUT2D eigenvalue weighted by molar-refractivity contribution is 7.80. The summed E-state index contributed by atoms with van der Waals surface area (Å²) in [6.45, 7) is 1.85. The van der Waals surface area contributed by atoms with Gasteiger partial charge in [-0.25, -0.2) is 0 Å². The number of nitrogens with one attached hydrogen (secondary N) is 1. The molecule has 0 aliphatic heterocycles. The van der Waals surface area contributed by atoms with Crippen LogP contribution < -0.4 is 15.9 Å². The molecule has 0 aliphatic carbocycles. The van der Waals surface area contributed by atoms with Crippen molar-refractivity contribution in [1.82, 2.24) is 5.43 Å². The van der Waals surface area contributed by atoms with E-state index in [0.717, 1.165) is 17.0 Å². The van der Waals surface area contributed by atoms with Crippen LogP contribution in [0.1, 0.15) is 12.5 Å². The molecule has 0 atom stereocenters. The summed E-state index contributed by atoms with van der Waals surface area (Å²) in [6.07, 6.45) is 3.81. The number of nitrogens with zero attached hydrogens (tertiary/aromatic N) is 1. The Hall–Kier alpha value is -1.88. The molecule has 0 spiro atoms. The van der Waals surface area contributed by atoms with Gasteiger partial charge in [0.25, 0.3) is 0 Å². The molecule has 4 nitrogen and oxygen atoms in total. The first-order valence-corrected chi connectivity index (χ1v) is 5.44. The molecule has 0 amide bonds. The predicted octanol–water partition coefficient (Wildman–Crippen LogP) is 1.92. The Balaban J connectivity index is 2.63. The molecule has 1 aromatic rings. The fourth-order valence-electron chi connectivity index (χ4n) is 1.11. The summed E-state index contributed by atoms with van der Waals surface area (Å²) in [4.78, 5) is 0. The van der Waals surface area contributed by atoms with Gasteiger partial charge >= 0.3 is 0 Å². The van der Waals surface area contributed by atoms with E-state index in [-0.39, 0.29) is 5.11 Å². The van der Waals surface area contributed by atoms with Crippen LogP contribution in [0, 0.1) is 0 Å². The number of thiocarbonyl (C=S) groups is 1. The number of hydrazone groups is 1. The largest absolute Gasteiger partial charge is 0.497 e. The number of allylic oxidation sites excluding steroid dienone is 1. The molecular formula is C12H15N3OS. The molecule has 0 fully saturated rings. The smallest absolute Gasteiger partial charge is 0.184 e. The molecule has 0 radical (unpaired) electrons. The van der Waals surface area contributed by atoms with Gasteiger partial charge in [-0.15, -0.1) is 0 Å². The molecule has 0 saturated heterocycles. The van der Waals surface area contributed by atoms with Gasteiger partial charge in [-0.3, -0.25) is 5.43 Å². The number of nitrogens with two attached hydrogens (primary N) is 1. The number of benzene rings is 1. The predicted molar refractivity (Wildman–Crippen MR) is 75.1 cm³/mol. The van der Waals surface area contributed by atoms with Crippen LogP contribution in [0.3, 0.4) is 0 Å². The second-order valence-electron chi connectivity index (χ2n) is 3.34. The Morgan fingerprint density at radius 1 is 1.41 bits per heavy atom. The van der Waals surface area contributed by atoms with E-state index in [4.69, 9.17) is 10.5 Å². The van der Waals surface area contributed by atoms with Crippen LogP contribution in [0.5, 0.6) is 5.75 Å². The molecular weight excluding hydrogens is 234 g/mol. The number of methoxy groups -OCH3 is 1. The SMILES string of the molecule is COc1ccc(C=CC(C)=NNC(N)=S)cc1. The van der Waals surface area contributed by atoms with Crippen molar-refractivity contribution in [3.63, 3.8) is 0 Å². The van der Waals surface area contributed by atoms with Crippen LogP contribution in [-0.4, -0.2) is 17.9 Å². The van der Waals surface area contributed by atoms with Crippen molar-refractivity contribution in [2.24, 2.45) is 10.8 Å². The van der Waals surface area contributed by atoms with Gasteiger partial charge in [0.15, 0.2) is 5.11 Å². The lowest BCUT2D eigenvalue weighted by atomic mass is 10.2. The van der Waals surface area contributed by atoms with E-state index in [2.05, 4.69) is 22.7 Å². The minimum atomic E-state index is 0.155. The highest BCUT2D eigenvalue weighted by Gasteiger charge is 1.90. The molecule has 5 heteroatoms. The lowest BCUT2D eigenvalue weighted by Crippen LogP contribution is -2.24. The van der Waals surface area contributed by atoms with Crippen LogP contribution in [0.2, 0.25) is 0 Å². The molecule has 0 aliphatic rings. The van der Waals surface area contributed by atoms with Crippen LogP contribution in [-0.2, 0) is 0 Å². The number of hydrogen-bond donors (Lipinski definition) is 2. The first-order chi connectivity index (χ1) is 8.11. The lowest BCUT2D eigenvalue weighted by Gasteiger charge is -1.99. The van der Waals surface area contributed by atoms with Crippen molar-refractivity contribution >= 4 is 29.1 Å². The van der Waals surface area contributed by atoms with Crippen molar-refractivity contribution in [2.75, 3.05) is 7.11 Å². The van der Waals surface area contributed by atoms with Crippen molar-refractivity contribution in [3.05, 3.63) is 35.9 Å². The van der Waals surface area contributed by atoms with E-state index in [0.29, 0.717) is 0 Å². The summed E-state index contributed by atoms with van der Waals surface area (Å²) in [5.74, 6) is 0.836. The summed E-state index contributed by atoms with van der Waals surface area (Å²) in [6, 6.07) is 7.73. The molecule has 90 valence electrons. The third-order valence-corrected chi connectivity index (χ3v) is 2.07. The Morgan fingerprint density at radius 3 is 2.59 bits per heavy atom. The number of rotatable bonds is 4. The average Bonchev–Trinajstić information content (AvgIpc) is 2.34. The van der Waals surface area contributed by atoms with E-state index >= 15 is 0 Å². The Kier molecular flexibility index (Phi) is 5.16. The van der Waals surface area contributed by atoms with Gasteiger partial charge in [-0.1, -0.05) is 18.2 Å². The van der Waals surface area contributed by atoms with Crippen molar-refractivity contribution in [2.45, 2.75) is 6.92 Å². The highest BCUT2D eigenvalue weighted by atomic mass is 32.1. The average molecular weight is 249 g/mol. The fourth-order valence-corrected chi connectivity index (χ4v) is 1.16. The normalized spacial score (nSPS) is 11.5. The van der Waals surface area contributed by atoms with E-state index in [1.807, 2.05) is 43.3 Å². The minimum absolute atomic E-state index is 0.155. The summed E-state index contributed by atoms with van der Waals surface area (Å²) >= 11 is 4.64. The van der Waals surface area contributed by atoms with Crippen LogP contribution >= 0.6 is 12.2 Å². The summed E-state index contributed by atoms with van der Waals surface area (Å²) in [7, 11) is 1.64. The second-order valence-corrected chi connectivity index (χ2v) is 3.78. The molecule has 1 rings (SSSR count). The lowest BCUT2D eigenvalue weighted by molar-refractivity contribution is 0.415. The maximum Gasteiger partial charge on any atom is 0.184 e. The van der Waals surface area contributed by atoms with Crippen molar-refractivity contribution in [3.8, 4) is 5.75 Å². The third-order valence-electron chi connectivity index (χ3n) is 1.98. The van der Waals surface area contributed by atoms with Gasteiger partial charge in [0.1, 0.15) is 5.75 Å². The van der Waals surface area contributed by atoms with Gasteiger partial charge in [0, 0.05) is 0 Å². The molecule has 17 heavy (non-hydrogen) atoms. The van der Waals surface area contributed by atoms with Crippen molar-refractivity contribution < 1.29 is 4.74 Å². The van der Waals surface area contributed by atoms with Crippen LogP contribution in [0.25, 0.3) is 6.08 Å². The van der Waals surface area contributed by atoms with Gasteiger partial charge in [0.2, 0.25) is 0 Å². The Labute approximate surface area is 106 Å². The highest BCUT2D eigenvalue weighted by Crippen LogP contribution is 2.12. The molecule has 3 N–H and O–H groups in total. The number of ether oxygens (including phenoxy) is 1. The number of hydrogen-bond acceptors (Lipinski definition) is 3. The topological polar surface area (TPSA) is 59.6 Å². The second kappa shape index (κ2) is 6.65.